The number of aliphatic carboxylic acids is 1. The van der Waals surface area contributed by atoms with Gasteiger partial charge in [-0.3, -0.25) is 38.4 Å². The Morgan fingerprint density at radius 2 is 1.19 bits per heavy atom. The Labute approximate surface area is 390 Å². The minimum atomic E-state index is -1.65. The topological polar surface area (TPSA) is 264 Å². The lowest BCUT2D eigenvalue weighted by Crippen LogP contribution is -2.59. The van der Waals surface area contributed by atoms with Gasteiger partial charge in [0, 0.05) is 59.1 Å². The highest BCUT2D eigenvalue weighted by Gasteiger charge is 2.40. The number of carbonyl (C=O) groups excluding carboxylic acids is 7. The summed E-state index contributed by atoms with van der Waals surface area (Å²) >= 11 is 0. The first-order chi connectivity index (χ1) is 31.7. The van der Waals surface area contributed by atoms with Gasteiger partial charge in [-0.25, -0.2) is 0 Å². The highest BCUT2D eigenvalue weighted by molar-refractivity contribution is 5.98. The molecule has 0 spiro atoms. The van der Waals surface area contributed by atoms with E-state index in [4.69, 9.17) is 0 Å². The quantitative estimate of drug-likeness (QED) is 0.0526. The van der Waals surface area contributed by atoms with Gasteiger partial charge in [-0.05, 0) is 54.4 Å². The number of hydrogen-bond donors (Lipinski definition) is 9. The molecule has 0 bridgehead atoms. The van der Waals surface area contributed by atoms with Gasteiger partial charge < -0.3 is 51.9 Å². The van der Waals surface area contributed by atoms with Gasteiger partial charge in [0.15, 0.2) is 5.78 Å². The number of benzene rings is 2. The van der Waals surface area contributed by atoms with E-state index in [9.17, 15) is 43.5 Å². The monoisotopic (exact) mass is 926 g/mol. The molecule has 1 aliphatic heterocycles. The summed E-state index contributed by atoms with van der Waals surface area (Å²) in [6.45, 7) is 14.0. The van der Waals surface area contributed by atoms with Crippen molar-refractivity contribution >= 4 is 69.0 Å². The van der Waals surface area contributed by atoms with Crippen molar-refractivity contribution in [1.82, 2.24) is 46.8 Å². The minimum Gasteiger partial charge on any atom is -0.481 e. The van der Waals surface area contributed by atoms with Crippen LogP contribution in [0, 0.1) is 17.8 Å². The van der Waals surface area contributed by atoms with Crippen LogP contribution in [0.4, 0.5) is 0 Å². The van der Waals surface area contributed by atoms with Crippen molar-refractivity contribution in [3.63, 3.8) is 0 Å². The highest BCUT2D eigenvalue weighted by Crippen LogP contribution is 2.24. The van der Waals surface area contributed by atoms with Gasteiger partial charge in [-0.2, -0.15) is 0 Å². The van der Waals surface area contributed by atoms with Gasteiger partial charge >= 0.3 is 5.97 Å². The molecule has 18 heteroatoms. The Balaban J connectivity index is 1.28. The zero-order valence-electron chi connectivity index (χ0n) is 39.7. The number of rotatable bonds is 23. The maximum atomic E-state index is 14.2. The molecule has 67 heavy (non-hydrogen) atoms. The second-order valence-corrected chi connectivity index (χ2v) is 18.7. The molecule has 4 aromatic rings. The Bertz CT molecular complexity index is 2420. The third-order valence-corrected chi connectivity index (χ3v) is 12.0. The van der Waals surface area contributed by atoms with E-state index < -0.39 is 96.5 Å². The standard InChI is InChI=1S/C49H67N9O9/c1-26(2)42(56-46(64)36(53-29(7)8)20-30-23-50-34-16-11-9-14-32(30)34)48(66)55-38(22-41(60)61)45(63)52-25-40(59)54-37(21-31-24-51-35-17-12-10-15-33(31)35)47(65)57-43(27(3)4)49(67)58-19-13-18-39(58)44(62)28(5)6/h9-12,14-17,23-24,26-29,36-39,42-43,50-51,53H,13,18-22,25H2,1-8H3,(H,52,63)(H,54,59)(H,55,66)(H,56,64)(H,57,65)(H,60,61)/t36-,37-,38-,39-,42-,43-/m0/s1. The van der Waals surface area contributed by atoms with E-state index in [-0.39, 0.29) is 30.1 Å². The summed E-state index contributed by atoms with van der Waals surface area (Å²) in [4.78, 5) is 116. The molecule has 0 saturated carbocycles. The lowest BCUT2D eigenvalue weighted by Gasteiger charge is -2.32. The number of amides is 6. The molecule has 1 aliphatic rings. The summed E-state index contributed by atoms with van der Waals surface area (Å²) in [5.41, 5.74) is 3.29. The molecule has 0 unspecified atom stereocenters. The van der Waals surface area contributed by atoms with Gasteiger partial charge in [0.2, 0.25) is 35.4 Å². The molecule has 0 radical (unpaired) electrons. The lowest BCUT2D eigenvalue weighted by atomic mass is 9.97. The van der Waals surface area contributed by atoms with E-state index in [0.717, 1.165) is 27.4 Å². The second kappa shape index (κ2) is 23.3. The Kier molecular flexibility index (Phi) is 17.8. The number of para-hydroxylation sites is 2. The number of Topliss-reactive ketones (excluding diaryl/α,β-unsaturated/α-hetero) is 1. The van der Waals surface area contributed by atoms with Crippen LogP contribution >= 0.6 is 0 Å². The summed E-state index contributed by atoms with van der Waals surface area (Å²) in [7, 11) is 0. The van der Waals surface area contributed by atoms with Crippen molar-refractivity contribution in [2.75, 3.05) is 13.1 Å². The van der Waals surface area contributed by atoms with Crippen molar-refractivity contribution in [1.29, 1.82) is 0 Å². The molecule has 1 fully saturated rings. The van der Waals surface area contributed by atoms with Crippen LogP contribution in [-0.4, -0.2) is 123 Å². The number of carboxylic acids is 1. The van der Waals surface area contributed by atoms with E-state index in [1.807, 2.05) is 68.6 Å². The van der Waals surface area contributed by atoms with E-state index in [1.54, 1.807) is 47.7 Å². The number of nitrogens with zero attached hydrogens (tertiary/aromatic N) is 1. The van der Waals surface area contributed by atoms with Crippen molar-refractivity contribution in [3.8, 4) is 0 Å². The van der Waals surface area contributed by atoms with Crippen molar-refractivity contribution in [2.24, 2.45) is 17.8 Å². The molecule has 5 rings (SSSR count). The molecule has 9 N–H and O–H groups in total. The number of carbonyl (C=O) groups is 8. The molecule has 0 aliphatic carbocycles. The number of aromatic amines is 2. The number of hydrogen-bond acceptors (Lipinski definition) is 9. The average molecular weight is 926 g/mol. The van der Waals surface area contributed by atoms with Crippen molar-refractivity contribution < 1.29 is 43.5 Å². The predicted octanol–water partition coefficient (Wildman–Crippen LogP) is 2.86. The smallest absolute Gasteiger partial charge is 0.305 e. The first-order valence-electron chi connectivity index (χ1n) is 23.2. The van der Waals surface area contributed by atoms with Crippen LogP contribution in [0.3, 0.4) is 0 Å². The molecule has 6 amide bonds. The molecular formula is C49H67N9O9. The fraction of sp³-hybridized carbons (Fsp3) is 0.510. The largest absolute Gasteiger partial charge is 0.481 e. The molecule has 2 aromatic carbocycles. The maximum absolute atomic E-state index is 14.2. The zero-order chi connectivity index (χ0) is 49.1. The van der Waals surface area contributed by atoms with E-state index in [1.165, 1.54) is 4.90 Å². The molecule has 3 heterocycles. The molecule has 18 nitrogen and oxygen atoms in total. The van der Waals surface area contributed by atoms with Crippen LogP contribution in [0.15, 0.2) is 60.9 Å². The summed E-state index contributed by atoms with van der Waals surface area (Å²) in [6, 6.07) is 8.55. The normalized spacial score (nSPS) is 16.2. The van der Waals surface area contributed by atoms with Crippen LogP contribution in [0.1, 0.15) is 85.8 Å². The molecular weight excluding hydrogens is 859 g/mol. The maximum Gasteiger partial charge on any atom is 0.305 e. The number of aromatic nitrogens is 2. The van der Waals surface area contributed by atoms with Crippen LogP contribution in [0.5, 0.6) is 0 Å². The third kappa shape index (κ3) is 13.5. The number of fused-ring (bicyclic) bond motifs is 2. The van der Waals surface area contributed by atoms with Crippen LogP contribution in [0.2, 0.25) is 0 Å². The van der Waals surface area contributed by atoms with Gasteiger partial charge in [-0.1, -0.05) is 91.8 Å². The first-order valence-corrected chi connectivity index (χ1v) is 23.2. The Morgan fingerprint density at radius 3 is 1.73 bits per heavy atom. The number of carboxylic acid groups (broad SMARTS) is 1. The summed E-state index contributed by atoms with van der Waals surface area (Å²) in [6.07, 6.45) is 4.17. The summed E-state index contributed by atoms with van der Waals surface area (Å²) < 4.78 is 0. The number of nitrogens with one attached hydrogen (secondary N) is 8. The molecule has 1 saturated heterocycles. The third-order valence-electron chi connectivity index (χ3n) is 12.0. The summed E-state index contributed by atoms with van der Waals surface area (Å²) in [5.74, 6) is -6.76. The minimum absolute atomic E-state index is 0.0119. The highest BCUT2D eigenvalue weighted by atomic mass is 16.4. The zero-order valence-corrected chi connectivity index (χ0v) is 39.7. The van der Waals surface area contributed by atoms with Crippen LogP contribution in [-0.2, 0) is 51.2 Å². The molecule has 2 aromatic heterocycles. The summed E-state index contributed by atoms with van der Waals surface area (Å²) in [5, 5.41) is 27.9. The van der Waals surface area contributed by atoms with Crippen LogP contribution in [0.25, 0.3) is 21.8 Å². The van der Waals surface area contributed by atoms with Gasteiger partial charge in [0.25, 0.3) is 0 Å². The SMILES string of the molecule is CC(C)N[C@@H](Cc1c[nH]c2ccccc12)C(=O)N[C@H](C(=O)N[C@@H](CC(=O)O)C(=O)NCC(=O)N[C@@H](Cc1c[nH]c2ccccc12)C(=O)N[C@H](C(=O)N1CCC[C@H]1C(=O)C(C)C)C(C)C)C(C)C. The van der Waals surface area contributed by atoms with Gasteiger partial charge in [0.1, 0.15) is 24.2 Å². The predicted molar refractivity (Wildman–Crippen MR) is 253 cm³/mol. The van der Waals surface area contributed by atoms with Gasteiger partial charge in [0.05, 0.1) is 25.0 Å². The average Bonchev–Trinajstić information content (AvgIpc) is 4.04. The van der Waals surface area contributed by atoms with Crippen molar-refractivity contribution in [3.05, 3.63) is 72.1 Å². The first kappa shape index (κ1) is 51.4. The second-order valence-electron chi connectivity index (χ2n) is 18.7. The number of H-pyrrole nitrogens is 2. The van der Waals surface area contributed by atoms with Crippen molar-refractivity contribution in [2.45, 2.75) is 130 Å². The Morgan fingerprint density at radius 1 is 0.657 bits per heavy atom. The fourth-order valence-electron chi connectivity index (χ4n) is 8.51. The fourth-order valence-corrected chi connectivity index (χ4v) is 8.51. The molecule has 362 valence electrons. The van der Waals surface area contributed by atoms with E-state index in [0.29, 0.717) is 31.4 Å². The number of likely N-dealkylation sites (tertiary alicyclic amines) is 1. The molecule has 6 atom stereocenters. The number of ketones is 1. The Hall–Kier alpha value is -6.56. The van der Waals surface area contributed by atoms with E-state index >= 15 is 0 Å². The van der Waals surface area contributed by atoms with Gasteiger partial charge in [-0.15, -0.1) is 0 Å². The lowest BCUT2D eigenvalue weighted by molar-refractivity contribution is -0.143. The van der Waals surface area contributed by atoms with E-state index in [2.05, 4.69) is 41.9 Å². The van der Waals surface area contributed by atoms with Crippen LogP contribution < -0.4 is 31.9 Å².